The van der Waals surface area contributed by atoms with Crippen molar-refractivity contribution in [2.75, 3.05) is 26.0 Å². The minimum absolute atomic E-state index is 0.0266. The van der Waals surface area contributed by atoms with E-state index >= 15 is 0 Å². The lowest BCUT2D eigenvalue weighted by Crippen LogP contribution is -2.32. The van der Waals surface area contributed by atoms with Crippen LogP contribution in [0.2, 0.25) is 0 Å². The largest absolute Gasteiger partial charge is 0.487 e. The van der Waals surface area contributed by atoms with E-state index in [0.717, 1.165) is 57.9 Å². The topological polar surface area (TPSA) is 106 Å². The van der Waals surface area contributed by atoms with E-state index in [4.69, 9.17) is 10.5 Å². The number of fused-ring (bicyclic) bond motifs is 4. The van der Waals surface area contributed by atoms with Gasteiger partial charge in [0.2, 0.25) is 5.91 Å². The summed E-state index contributed by atoms with van der Waals surface area (Å²) >= 11 is 1.67. The molecule has 2 aliphatic rings. The molecule has 1 aliphatic heterocycles. The summed E-state index contributed by atoms with van der Waals surface area (Å²) in [5.41, 5.74) is 10.1. The molecule has 9 heteroatoms. The summed E-state index contributed by atoms with van der Waals surface area (Å²) in [6.07, 6.45) is 5.79. The maximum absolute atomic E-state index is 12.5. The van der Waals surface area contributed by atoms with Gasteiger partial charge in [0.15, 0.2) is 0 Å². The second kappa shape index (κ2) is 8.72. The number of nitrogens with two attached hydrogens (primary N) is 1. The molecule has 1 aliphatic carbocycles. The Morgan fingerprint density at radius 3 is 3.00 bits per heavy atom. The Morgan fingerprint density at radius 2 is 2.21 bits per heavy atom. The quantitative estimate of drug-likeness (QED) is 0.580. The van der Waals surface area contributed by atoms with E-state index in [0.29, 0.717) is 13.1 Å². The van der Waals surface area contributed by atoms with Gasteiger partial charge in [-0.1, -0.05) is 0 Å². The van der Waals surface area contributed by atoms with Crippen molar-refractivity contribution in [3.63, 3.8) is 0 Å². The smallest absolute Gasteiger partial charge is 0.225 e. The molecule has 0 fully saturated rings. The molecule has 1 amide bonds. The van der Waals surface area contributed by atoms with Gasteiger partial charge in [0.05, 0.1) is 17.6 Å². The molecule has 2 atom stereocenters. The van der Waals surface area contributed by atoms with Crippen LogP contribution in [0.3, 0.4) is 0 Å². The van der Waals surface area contributed by atoms with E-state index in [1.165, 1.54) is 10.4 Å². The van der Waals surface area contributed by atoms with E-state index in [-0.39, 0.29) is 17.9 Å². The number of carbonyl (C=O) groups is 1. The number of amides is 1. The van der Waals surface area contributed by atoms with Crippen molar-refractivity contribution in [3.8, 4) is 5.75 Å². The summed E-state index contributed by atoms with van der Waals surface area (Å²) in [5, 5.41) is 4.56. The van der Waals surface area contributed by atoms with Crippen molar-refractivity contribution in [3.05, 3.63) is 40.0 Å². The Balaban J connectivity index is 1.52. The molecule has 0 unspecified atom stereocenters. The zero-order valence-corrected chi connectivity index (χ0v) is 19.9. The van der Waals surface area contributed by atoms with Crippen LogP contribution < -0.4 is 15.8 Å². The lowest BCUT2D eigenvalue weighted by atomic mass is 9.87. The first kappa shape index (κ1) is 21.8. The second-order valence-corrected chi connectivity index (χ2v) is 9.97. The Morgan fingerprint density at radius 1 is 1.36 bits per heavy atom. The average Bonchev–Trinajstić information content (AvgIpc) is 3.42. The average molecular weight is 465 g/mol. The summed E-state index contributed by atoms with van der Waals surface area (Å²) in [5.74, 6) is 1.72. The molecule has 172 valence electrons. The number of aryl methyl sites for hydroxylation is 1. The first-order valence-corrected chi connectivity index (χ1v) is 12.0. The van der Waals surface area contributed by atoms with Gasteiger partial charge in [-0.05, 0) is 55.0 Å². The molecule has 1 aromatic carbocycles. The van der Waals surface area contributed by atoms with Crippen LogP contribution in [-0.2, 0) is 24.2 Å². The summed E-state index contributed by atoms with van der Waals surface area (Å²) in [7, 11) is 3.64. The summed E-state index contributed by atoms with van der Waals surface area (Å²) in [6, 6.07) is 4.10. The third kappa shape index (κ3) is 4.06. The number of nitrogens with one attached hydrogen (secondary N) is 1. The van der Waals surface area contributed by atoms with Crippen LogP contribution in [-0.4, -0.2) is 53.7 Å². The van der Waals surface area contributed by atoms with Crippen LogP contribution in [0.15, 0.2) is 23.5 Å². The maximum atomic E-state index is 12.5. The SMILES string of the molecule is C[C@@H](CN)Oc1cc2c(cc1Nc1ncnc3sc4c(c13)CC[C@H](C(=O)N(C)C)C4)C=NC2. The van der Waals surface area contributed by atoms with Gasteiger partial charge in [0.25, 0.3) is 0 Å². The maximum Gasteiger partial charge on any atom is 0.225 e. The number of benzene rings is 1. The molecule has 0 saturated carbocycles. The van der Waals surface area contributed by atoms with Gasteiger partial charge in [-0.3, -0.25) is 9.79 Å². The molecule has 0 spiro atoms. The number of rotatable bonds is 6. The first-order chi connectivity index (χ1) is 15.9. The predicted molar refractivity (Wildman–Crippen MR) is 132 cm³/mol. The Labute approximate surface area is 196 Å². The van der Waals surface area contributed by atoms with Crippen molar-refractivity contribution in [1.29, 1.82) is 0 Å². The molecular formula is C24H28N6O2S. The molecule has 5 rings (SSSR count). The van der Waals surface area contributed by atoms with Crippen molar-refractivity contribution < 1.29 is 9.53 Å². The van der Waals surface area contributed by atoms with Gasteiger partial charge in [-0.25, -0.2) is 9.97 Å². The number of hydrogen-bond donors (Lipinski definition) is 2. The fourth-order valence-corrected chi connectivity index (χ4v) is 5.77. The van der Waals surface area contributed by atoms with Gasteiger partial charge in [0.1, 0.15) is 28.8 Å². The highest BCUT2D eigenvalue weighted by Gasteiger charge is 2.30. The highest BCUT2D eigenvalue weighted by atomic mass is 32.1. The fraction of sp³-hybridized carbons (Fsp3) is 0.417. The normalized spacial score (nSPS) is 17.5. The minimum Gasteiger partial charge on any atom is -0.487 e. The van der Waals surface area contributed by atoms with E-state index < -0.39 is 0 Å². The Hall–Kier alpha value is -3.04. The van der Waals surface area contributed by atoms with Crippen molar-refractivity contribution >= 4 is 45.2 Å². The molecule has 3 heterocycles. The third-order valence-electron chi connectivity index (χ3n) is 6.28. The van der Waals surface area contributed by atoms with Crippen molar-refractivity contribution in [2.45, 2.75) is 38.8 Å². The molecule has 3 aromatic rings. The number of nitrogens with zero attached hydrogens (tertiary/aromatic N) is 4. The number of thiophene rings is 1. The van der Waals surface area contributed by atoms with Gasteiger partial charge < -0.3 is 20.7 Å². The molecule has 33 heavy (non-hydrogen) atoms. The zero-order chi connectivity index (χ0) is 23.1. The van der Waals surface area contributed by atoms with Gasteiger partial charge in [-0.15, -0.1) is 11.3 Å². The third-order valence-corrected chi connectivity index (χ3v) is 7.44. The molecule has 2 aromatic heterocycles. The van der Waals surface area contributed by atoms with Gasteiger partial charge >= 0.3 is 0 Å². The molecular weight excluding hydrogens is 436 g/mol. The number of anilines is 2. The first-order valence-electron chi connectivity index (χ1n) is 11.2. The lowest BCUT2D eigenvalue weighted by molar-refractivity contribution is -0.133. The van der Waals surface area contributed by atoms with E-state index in [9.17, 15) is 4.79 Å². The molecule has 0 bridgehead atoms. The number of hydrogen-bond acceptors (Lipinski definition) is 8. The monoisotopic (exact) mass is 464 g/mol. The lowest BCUT2D eigenvalue weighted by Gasteiger charge is -2.24. The molecule has 8 nitrogen and oxygen atoms in total. The zero-order valence-electron chi connectivity index (χ0n) is 19.1. The highest BCUT2D eigenvalue weighted by Crippen LogP contribution is 2.42. The summed E-state index contributed by atoms with van der Waals surface area (Å²) in [6.45, 7) is 3.04. The second-order valence-electron chi connectivity index (χ2n) is 8.88. The van der Waals surface area contributed by atoms with Gasteiger partial charge in [-0.2, -0.15) is 0 Å². The van der Waals surface area contributed by atoms with Crippen LogP contribution in [0.25, 0.3) is 10.2 Å². The van der Waals surface area contributed by atoms with Crippen molar-refractivity contribution in [1.82, 2.24) is 14.9 Å². The molecule has 0 radical (unpaired) electrons. The Kier molecular flexibility index (Phi) is 5.76. The Bertz CT molecular complexity index is 1250. The van der Waals surface area contributed by atoms with E-state index in [1.807, 2.05) is 33.3 Å². The van der Waals surface area contributed by atoms with Crippen LogP contribution in [0.1, 0.15) is 34.9 Å². The number of carbonyl (C=O) groups excluding carboxylic acids is 1. The minimum atomic E-state index is -0.114. The van der Waals surface area contributed by atoms with E-state index in [2.05, 4.69) is 26.3 Å². The molecule has 3 N–H and O–H groups in total. The molecule has 0 saturated heterocycles. The summed E-state index contributed by atoms with van der Waals surface area (Å²) in [4.78, 5) is 29.9. The van der Waals surface area contributed by atoms with Crippen LogP contribution in [0.5, 0.6) is 5.75 Å². The number of aromatic nitrogens is 2. The predicted octanol–water partition coefficient (Wildman–Crippen LogP) is 3.29. The van der Waals surface area contributed by atoms with Gasteiger partial charge in [0, 0.05) is 37.6 Å². The number of aliphatic imine (C=N–C) groups is 1. The van der Waals surface area contributed by atoms with Crippen LogP contribution in [0.4, 0.5) is 11.5 Å². The fourth-order valence-electron chi connectivity index (χ4n) is 4.51. The highest BCUT2D eigenvalue weighted by molar-refractivity contribution is 7.19. The van der Waals surface area contributed by atoms with E-state index in [1.54, 1.807) is 22.6 Å². The standard InChI is InChI=1S/C24H28N6O2S/c1-13(9-25)32-19-7-16-11-26-10-15(16)6-18(19)29-22-21-17-5-4-14(24(31)30(2)3)8-20(17)33-23(21)28-12-27-22/h6-7,10,12-14H,4-5,8-9,11,25H2,1-3H3,(H,27,28,29)/t13-,14-/m0/s1. The van der Waals surface area contributed by atoms with Crippen LogP contribution in [0, 0.1) is 5.92 Å². The summed E-state index contributed by atoms with van der Waals surface area (Å²) < 4.78 is 6.14. The number of ether oxygens (including phenoxy) is 1. The van der Waals surface area contributed by atoms with Crippen LogP contribution >= 0.6 is 11.3 Å². The van der Waals surface area contributed by atoms with Crippen molar-refractivity contribution in [2.24, 2.45) is 16.6 Å².